The molecule has 1 spiro atoms. The fraction of sp³-hybridized carbons (Fsp3) is 0.571. The standard InChI is InChI=1S/C21H25FN4O4/c1-25(2)9-14-10-29-21(30-14)5-6-26(11-21)19-16(22)8-13-7-15(20(27)28)17(12-3-4-12)23-18(13)24-19/h7-8,12,14H,3-6,9-11H2,1-2H3,(H,27,28). The maximum absolute atomic E-state index is 14.9. The first-order valence-electron chi connectivity index (χ1n) is 10.3. The minimum atomic E-state index is -1.04. The normalized spacial score (nSPS) is 26.4. The number of nitrogens with zero attached hydrogens (tertiary/aromatic N) is 4. The number of fused-ring (bicyclic) bond motifs is 1. The van der Waals surface area contributed by atoms with Crippen molar-refractivity contribution in [1.29, 1.82) is 0 Å². The Bertz CT molecular complexity index is 1010. The Morgan fingerprint density at radius 1 is 1.37 bits per heavy atom. The topological polar surface area (TPSA) is 88.0 Å². The molecule has 8 nitrogen and oxygen atoms in total. The number of pyridine rings is 2. The third-order valence-corrected chi connectivity index (χ3v) is 5.94. The molecule has 5 rings (SSSR count). The number of hydrogen-bond donors (Lipinski definition) is 1. The first-order valence-corrected chi connectivity index (χ1v) is 10.3. The van der Waals surface area contributed by atoms with E-state index in [0.717, 1.165) is 19.4 Å². The van der Waals surface area contributed by atoms with E-state index in [1.807, 2.05) is 19.0 Å². The maximum atomic E-state index is 14.9. The average molecular weight is 416 g/mol. The van der Waals surface area contributed by atoms with Gasteiger partial charge in [-0.3, -0.25) is 0 Å². The fourth-order valence-corrected chi connectivity index (χ4v) is 4.41. The van der Waals surface area contributed by atoms with Gasteiger partial charge in [0.2, 0.25) is 0 Å². The third-order valence-electron chi connectivity index (χ3n) is 5.94. The molecule has 1 aliphatic carbocycles. The molecule has 3 aliphatic rings. The van der Waals surface area contributed by atoms with Gasteiger partial charge >= 0.3 is 5.97 Å². The van der Waals surface area contributed by atoms with Crippen LogP contribution in [0.1, 0.15) is 41.2 Å². The van der Waals surface area contributed by atoms with Gasteiger partial charge in [-0.05, 0) is 39.1 Å². The molecule has 30 heavy (non-hydrogen) atoms. The zero-order valence-electron chi connectivity index (χ0n) is 17.1. The van der Waals surface area contributed by atoms with Crippen molar-refractivity contribution in [3.63, 3.8) is 0 Å². The number of aromatic nitrogens is 2. The van der Waals surface area contributed by atoms with Gasteiger partial charge in [-0.2, -0.15) is 0 Å². The van der Waals surface area contributed by atoms with E-state index in [-0.39, 0.29) is 23.4 Å². The molecule has 1 N–H and O–H groups in total. The Morgan fingerprint density at radius 3 is 2.87 bits per heavy atom. The second kappa shape index (κ2) is 7.11. The molecule has 160 valence electrons. The van der Waals surface area contributed by atoms with E-state index >= 15 is 0 Å². The van der Waals surface area contributed by atoms with Crippen molar-refractivity contribution in [3.05, 3.63) is 29.2 Å². The molecule has 2 unspecified atom stereocenters. The number of ether oxygens (including phenoxy) is 2. The highest BCUT2D eigenvalue weighted by molar-refractivity contribution is 5.94. The monoisotopic (exact) mass is 416 g/mol. The first kappa shape index (κ1) is 19.6. The van der Waals surface area contributed by atoms with Crippen LogP contribution in [0.3, 0.4) is 0 Å². The summed E-state index contributed by atoms with van der Waals surface area (Å²) in [6, 6.07) is 2.81. The van der Waals surface area contributed by atoms with Gasteiger partial charge in [0.05, 0.1) is 30.5 Å². The summed E-state index contributed by atoms with van der Waals surface area (Å²) >= 11 is 0. The van der Waals surface area contributed by atoms with Crippen LogP contribution in [0.25, 0.3) is 11.0 Å². The molecule has 1 saturated carbocycles. The van der Waals surface area contributed by atoms with Crippen LogP contribution < -0.4 is 4.90 Å². The van der Waals surface area contributed by atoms with Gasteiger partial charge < -0.3 is 24.4 Å². The Hall–Kier alpha value is -2.36. The number of carboxylic acids is 1. The van der Waals surface area contributed by atoms with Crippen molar-refractivity contribution in [2.24, 2.45) is 0 Å². The average Bonchev–Trinajstić information content (AvgIpc) is 3.35. The van der Waals surface area contributed by atoms with Crippen molar-refractivity contribution in [1.82, 2.24) is 14.9 Å². The van der Waals surface area contributed by atoms with E-state index in [1.54, 1.807) is 0 Å². The van der Waals surface area contributed by atoms with E-state index in [2.05, 4.69) is 14.9 Å². The predicted molar refractivity (Wildman–Crippen MR) is 107 cm³/mol. The number of halogens is 1. The molecular weight excluding hydrogens is 391 g/mol. The van der Waals surface area contributed by atoms with Gasteiger partial charge in [-0.15, -0.1) is 0 Å². The summed E-state index contributed by atoms with van der Waals surface area (Å²) < 4.78 is 27.1. The zero-order valence-corrected chi connectivity index (χ0v) is 17.1. The SMILES string of the molecule is CN(C)CC1COC2(CCN(c3nc4nc(C5CC5)c(C(=O)O)cc4cc3F)C2)O1. The number of rotatable bonds is 5. The van der Waals surface area contributed by atoms with Gasteiger partial charge in [0.25, 0.3) is 0 Å². The van der Waals surface area contributed by atoms with Crippen molar-refractivity contribution >= 4 is 22.8 Å². The first-order chi connectivity index (χ1) is 14.3. The second-order valence-electron chi connectivity index (χ2n) is 8.74. The van der Waals surface area contributed by atoms with Gasteiger partial charge in [-0.25, -0.2) is 19.2 Å². The third kappa shape index (κ3) is 3.51. The van der Waals surface area contributed by atoms with Crippen molar-refractivity contribution in [2.75, 3.05) is 45.2 Å². The molecule has 0 aromatic carbocycles. The van der Waals surface area contributed by atoms with Crippen LogP contribution in [-0.4, -0.2) is 78.2 Å². The summed E-state index contributed by atoms with van der Waals surface area (Å²) in [4.78, 5) is 24.5. The lowest BCUT2D eigenvalue weighted by Gasteiger charge is -2.24. The highest BCUT2D eigenvalue weighted by Gasteiger charge is 2.47. The molecule has 4 heterocycles. The Morgan fingerprint density at radius 2 is 2.17 bits per heavy atom. The van der Waals surface area contributed by atoms with Crippen LogP contribution in [0.15, 0.2) is 12.1 Å². The van der Waals surface area contributed by atoms with E-state index in [1.165, 1.54) is 12.1 Å². The molecular formula is C21H25FN4O4. The van der Waals surface area contributed by atoms with Gasteiger partial charge in [0, 0.05) is 30.8 Å². The summed E-state index contributed by atoms with van der Waals surface area (Å²) in [7, 11) is 3.98. The van der Waals surface area contributed by atoms with Gasteiger partial charge in [0.1, 0.15) is 0 Å². The van der Waals surface area contributed by atoms with Crippen LogP contribution in [0.4, 0.5) is 10.2 Å². The van der Waals surface area contributed by atoms with Crippen LogP contribution in [0.5, 0.6) is 0 Å². The van der Waals surface area contributed by atoms with Crippen LogP contribution in [-0.2, 0) is 9.47 Å². The minimum absolute atomic E-state index is 0.00781. The van der Waals surface area contributed by atoms with Crippen LogP contribution in [0.2, 0.25) is 0 Å². The molecule has 3 fully saturated rings. The lowest BCUT2D eigenvalue weighted by atomic mass is 10.1. The molecule has 2 atom stereocenters. The van der Waals surface area contributed by atoms with E-state index < -0.39 is 17.6 Å². The zero-order chi connectivity index (χ0) is 21.0. The molecule has 9 heteroatoms. The number of aromatic carboxylic acids is 1. The van der Waals surface area contributed by atoms with E-state index in [4.69, 9.17) is 9.47 Å². The van der Waals surface area contributed by atoms with Crippen LogP contribution >= 0.6 is 0 Å². The molecule has 2 saturated heterocycles. The minimum Gasteiger partial charge on any atom is -0.478 e. The quantitative estimate of drug-likeness (QED) is 0.794. The Balaban J connectivity index is 1.43. The molecule has 2 aromatic heterocycles. The smallest absolute Gasteiger partial charge is 0.337 e. The fourth-order valence-electron chi connectivity index (χ4n) is 4.41. The Kier molecular flexibility index (Phi) is 4.64. The number of carboxylic acid groups (broad SMARTS) is 1. The number of anilines is 1. The Labute approximate surface area is 173 Å². The summed E-state index contributed by atoms with van der Waals surface area (Å²) in [6.45, 7) is 2.25. The predicted octanol–water partition coefficient (Wildman–Crippen LogP) is 2.23. The maximum Gasteiger partial charge on any atom is 0.337 e. The summed E-state index contributed by atoms with van der Waals surface area (Å²) in [5.74, 6) is -1.91. The lowest BCUT2D eigenvalue weighted by Crippen LogP contribution is -2.37. The number of likely N-dealkylation sites (N-methyl/N-ethyl adjacent to an activating group) is 1. The lowest BCUT2D eigenvalue weighted by molar-refractivity contribution is -0.151. The van der Waals surface area contributed by atoms with Crippen LogP contribution in [0, 0.1) is 5.82 Å². The second-order valence-corrected chi connectivity index (χ2v) is 8.74. The van der Waals surface area contributed by atoms with Crippen molar-refractivity contribution < 1.29 is 23.8 Å². The molecule has 0 radical (unpaired) electrons. The van der Waals surface area contributed by atoms with Gasteiger partial charge in [0.15, 0.2) is 23.1 Å². The van der Waals surface area contributed by atoms with E-state index in [0.29, 0.717) is 42.8 Å². The molecule has 0 bridgehead atoms. The number of hydrogen-bond acceptors (Lipinski definition) is 7. The molecule has 2 aliphatic heterocycles. The summed E-state index contributed by atoms with van der Waals surface area (Å²) in [6.07, 6.45) is 2.47. The van der Waals surface area contributed by atoms with Crippen molar-refractivity contribution in [3.8, 4) is 0 Å². The molecule has 0 amide bonds. The van der Waals surface area contributed by atoms with Gasteiger partial charge in [-0.1, -0.05) is 0 Å². The largest absolute Gasteiger partial charge is 0.478 e. The van der Waals surface area contributed by atoms with E-state index in [9.17, 15) is 14.3 Å². The summed E-state index contributed by atoms with van der Waals surface area (Å²) in [5, 5.41) is 9.89. The summed E-state index contributed by atoms with van der Waals surface area (Å²) in [5.41, 5.74) is 1.06. The molecule has 2 aromatic rings. The highest BCUT2D eigenvalue weighted by atomic mass is 19.1. The highest BCUT2D eigenvalue weighted by Crippen LogP contribution is 2.42. The number of carbonyl (C=O) groups is 1. The van der Waals surface area contributed by atoms with Crippen molar-refractivity contribution in [2.45, 2.75) is 37.1 Å².